The van der Waals surface area contributed by atoms with E-state index in [1.807, 2.05) is 54.5 Å². The highest BCUT2D eigenvalue weighted by Gasteiger charge is 2.02. The number of hydrogen-bond acceptors (Lipinski definition) is 3. The van der Waals surface area contributed by atoms with Crippen LogP contribution in [0, 0.1) is 0 Å². The second-order valence-corrected chi connectivity index (χ2v) is 5.12. The van der Waals surface area contributed by atoms with Crippen molar-refractivity contribution in [3.63, 3.8) is 0 Å². The molecular weight excluding hydrogens is 242 g/mol. The summed E-state index contributed by atoms with van der Waals surface area (Å²) in [5.41, 5.74) is 1.08. The Morgan fingerprint density at radius 2 is 2.06 bits per heavy atom. The van der Waals surface area contributed by atoms with Crippen molar-refractivity contribution < 1.29 is 0 Å². The molecule has 1 aromatic heterocycles. The molecule has 1 heterocycles. The fraction of sp³-hybridized carbons (Fsp3) is 0.357. The molecule has 0 spiro atoms. The van der Waals surface area contributed by atoms with Crippen LogP contribution in [0.5, 0.6) is 0 Å². The van der Waals surface area contributed by atoms with Crippen LogP contribution in [0.4, 0.5) is 11.6 Å². The van der Waals surface area contributed by atoms with E-state index in [4.69, 9.17) is 0 Å². The molecule has 1 aromatic carbocycles. The molecule has 0 saturated carbocycles. The number of benzene rings is 1. The normalized spacial score (nSPS) is 10.5. The van der Waals surface area contributed by atoms with Crippen molar-refractivity contribution in [3.8, 4) is 0 Å². The van der Waals surface area contributed by atoms with Gasteiger partial charge in [-0.3, -0.25) is 0 Å². The Morgan fingerprint density at radius 1 is 1.22 bits per heavy atom. The van der Waals surface area contributed by atoms with Crippen LogP contribution in [0.1, 0.15) is 12.8 Å². The van der Waals surface area contributed by atoms with Crippen LogP contribution in [-0.2, 0) is 6.54 Å². The van der Waals surface area contributed by atoms with E-state index in [9.17, 15) is 0 Å². The van der Waals surface area contributed by atoms with E-state index < -0.39 is 0 Å². The maximum absolute atomic E-state index is 4.36. The second kappa shape index (κ2) is 7.11. The van der Waals surface area contributed by atoms with Crippen LogP contribution in [0.25, 0.3) is 0 Å². The highest BCUT2D eigenvalue weighted by Crippen LogP contribution is 2.15. The van der Waals surface area contributed by atoms with E-state index in [2.05, 4.69) is 21.1 Å². The second-order valence-electron chi connectivity index (χ2n) is 4.14. The summed E-state index contributed by atoms with van der Waals surface area (Å²) in [5.74, 6) is 2.15. The molecule has 0 saturated heterocycles. The zero-order valence-electron chi connectivity index (χ0n) is 10.7. The number of para-hydroxylation sites is 1. The van der Waals surface area contributed by atoms with Gasteiger partial charge in [0.05, 0.1) is 0 Å². The van der Waals surface area contributed by atoms with E-state index in [-0.39, 0.29) is 0 Å². The Hall–Kier alpha value is -1.42. The standard InChI is InChI=1S/C14H19N3S/c1-18-12-6-5-10-17-11-9-15-14(17)16-13-7-3-2-4-8-13/h2-4,7-9,11H,5-6,10,12H2,1H3,(H,15,16). The van der Waals surface area contributed by atoms with Crippen LogP contribution in [-0.4, -0.2) is 21.6 Å². The molecule has 18 heavy (non-hydrogen) atoms. The molecule has 0 atom stereocenters. The smallest absolute Gasteiger partial charge is 0.207 e. The first-order valence-corrected chi connectivity index (χ1v) is 7.61. The summed E-state index contributed by atoms with van der Waals surface area (Å²) in [7, 11) is 0. The number of thioether (sulfide) groups is 1. The Labute approximate surface area is 113 Å². The van der Waals surface area contributed by atoms with E-state index >= 15 is 0 Å². The van der Waals surface area contributed by atoms with Gasteiger partial charge in [-0.15, -0.1) is 0 Å². The van der Waals surface area contributed by atoms with Crippen LogP contribution >= 0.6 is 11.8 Å². The summed E-state index contributed by atoms with van der Waals surface area (Å²) in [6.45, 7) is 1.02. The van der Waals surface area contributed by atoms with Gasteiger partial charge in [-0.25, -0.2) is 4.98 Å². The van der Waals surface area contributed by atoms with Gasteiger partial charge in [0.25, 0.3) is 0 Å². The third-order valence-corrected chi connectivity index (χ3v) is 3.44. The number of aromatic nitrogens is 2. The molecule has 4 heteroatoms. The number of unbranched alkanes of at least 4 members (excludes halogenated alkanes) is 1. The third-order valence-electron chi connectivity index (χ3n) is 2.74. The number of aryl methyl sites for hydroxylation is 1. The quantitative estimate of drug-likeness (QED) is 0.769. The van der Waals surface area contributed by atoms with Crippen LogP contribution < -0.4 is 5.32 Å². The predicted molar refractivity (Wildman–Crippen MR) is 79.6 cm³/mol. The summed E-state index contributed by atoms with van der Waals surface area (Å²) in [6.07, 6.45) is 8.48. The zero-order chi connectivity index (χ0) is 12.6. The van der Waals surface area contributed by atoms with E-state index in [1.165, 1.54) is 18.6 Å². The Morgan fingerprint density at radius 3 is 2.83 bits per heavy atom. The van der Waals surface area contributed by atoms with Gasteiger partial charge in [-0.1, -0.05) is 18.2 Å². The molecule has 2 rings (SSSR count). The van der Waals surface area contributed by atoms with Crippen molar-refractivity contribution in [2.45, 2.75) is 19.4 Å². The van der Waals surface area contributed by atoms with Crippen molar-refractivity contribution in [1.29, 1.82) is 0 Å². The zero-order valence-corrected chi connectivity index (χ0v) is 11.5. The molecule has 96 valence electrons. The lowest BCUT2D eigenvalue weighted by Gasteiger charge is -2.09. The average Bonchev–Trinajstić information content (AvgIpc) is 2.83. The molecule has 0 aliphatic rings. The molecule has 0 aliphatic heterocycles. The number of nitrogens with one attached hydrogen (secondary N) is 1. The van der Waals surface area contributed by atoms with Gasteiger partial charge >= 0.3 is 0 Å². The fourth-order valence-corrected chi connectivity index (χ4v) is 2.29. The average molecular weight is 261 g/mol. The maximum Gasteiger partial charge on any atom is 0.207 e. The molecule has 1 N–H and O–H groups in total. The molecule has 0 fully saturated rings. The Bertz CT molecular complexity index is 453. The van der Waals surface area contributed by atoms with Gasteiger partial charge in [0, 0.05) is 24.6 Å². The predicted octanol–water partition coefficient (Wildman–Crippen LogP) is 3.77. The van der Waals surface area contributed by atoms with Crippen molar-refractivity contribution in [1.82, 2.24) is 9.55 Å². The number of hydrogen-bond donors (Lipinski definition) is 1. The summed E-state index contributed by atoms with van der Waals surface area (Å²) < 4.78 is 2.17. The van der Waals surface area contributed by atoms with Gasteiger partial charge in [-0.05, 0) is 37.0 Å². The molecule has 0 radical (unpaired) electrons. The number of rotatable bonds is 7. The molecule has 3 nitrogen and oxygen atoms in total. The van der Waals surface area contributed by atoms with Crippen molar-refractivity contribution >= 4 is 23.4 Å². The van der Waals surface area contributed by atoms with Gasteiger partial charge in [0.1, 0.15) is 0 Å². The molecule has 0 aliphatic carbocycles. The van der Waals surface area contributed by atoms with E-state index in [0.29, 0.717) is 0 Å². The molecule has 0 amide bonds. The lowest BCUT2D eigenvalue weighted by atomic mass is 10.3. The summed E-state index contributed by atoms with van der Waals surface area (Å²) in [6, 6.07) is 10.2. The van der Waals surface area contributed by atoms with Crippen LogP contribution in [0.15, 0.2) is 42.7 Å². The largest absolute Gasteiger partial charge is 0.326 e. The van der Waals surface area contributed by atoms with Gasteiger partial charge < -0.3 is 9.88 Å². The topological polar surface area (TPSA) is 29.9 Å². The van der Waals surface area contributed by atoms with E-state index in [1.54, 1.807) is 0 Å². The van der Waals surface area contributed by atoms with Crippen molar-refractivity contribution in [2.24, 2.45) is 0 Å². The highest BCUT2D eigenvalue weighted by molar-refractivity contribution is 7.98. The lowest BCUT2D eigenvalue weighted by molar-refractivity contribution is 0.641. The summed E-state index contributed by atoms with van der Waals surface area (Å²) >= 11 is 1.91. The number of nitrogens with zero attached hydrogens (tertiary/aromatic N) is 2. The molecular formula is C14H19N3S. The fourth-order valence-electron chi connectivity index (χ4n) is 1.79. The van der Waals surface area contributed by atoms with E-state index in [0.717, 1.165) is 18.2 Å². The number of imidazole rings is 1. The Balaban J connectivity index is 1.91. The summed E-state index contributed by atoms with van der Waals surface area (Å²) in [5, 5.41) is 3.34. The minimum Gasteiger partial charge on any atom is -0.326 e. The molecule has 0 unspecified atom stereocenters. The van der Waals surface area contributed by atoms with Gasteiger partial charge in [0.2, 0.25) is 5.95 Å². The first kappa shape index (κ1) is 13.0. The summed E-state index contributed by atoms with van der Waals surface area (Å²) in [4.78, 5) is 4.36. The molecule has 2 aromatic rings. The van der Waals surface area contributed by atoms with Crippen LogP contribution in [0.3, 0.4) is 0 Å². The van der Waals surface area contributed by atoms with Crippen molar-refractivity contribution in [2.75, 3.05) is 17.3 Å². The van der Waals surface area contributed by atoms with Gasteiger partial charge in [-0.2, -0.15) is 11.8 Å². The number of anilines is 2. The SMILES string of the molecule is CSCCCCn1ccnc1Nc1ccccc1. The minimum absolute atomic E-state index is 0.922. The Kier molecular flexibility index (Phi) is 5.15. The maximum atomic E-state index is 4.36. The van der Waals surface area contributed by atoms with Crippen LogP contribution in [0.2, 0.25) is 0 Å². The lowest BCUT2D eigenvalue weighted by Crippen LogP contribution is -2.03. The first-order chi connectivity index (χ1) is 8.90. The minimum atomic E-state index is 0.922. The van der Waals surface area contributed by atoms with Crippen molar-refractivity contribution in [3.05, 3.63) is 42.7 Å². The highest BCUT2D eigenvalue weighted by atomic mass is 32.2. The molecule has 0 bridgehead atoms. The van der Waals surface area contributed by atoms with Gasteiger partial charge in [0.15, 0.2) is 0 Å². The first-order valence-electron chi connectivity index (χ1n) is 6.22. The monoisotopic (exact) mass is 261 g/mol. The third kappa shape index (κ3) is 3.81.